The molecule has 2 aromatic rings. The highest BCUT2D eigenvalue weighted by atomic mass is 16.5. The molecule has 94 valence electrons. The zero-order valence-corrected chi connectivity index (χ0v) is 9.87. The van der Waals surface area contributed by atoms with Gasteiger partial charge < -0.3 is 9.84 Å². The van der Waals surface area contributed by atoms with Crippen molar-refractivity contribution in [3.8, 4) is 0 Å². The Morgan fingerprint density at radius 2 is 2.33 bits per heavy atom. The van der Waals surface area contributed by atoms with Gasteiger partial charge in [-0.3, -0.25) is 4.68 Å². The van der Waals surface area contributed by atoms with E-state index in [1.54, 1.807) is 10.7 Å². The lowest BCUT2D eigenvalue weighted by atomic mass is 10.2. The van der Waals surface area contributed by atoms with Crippen LogP contribution in [0.3, 0.4) is 0 Å². The molecule has 0 spiro atoms. The van der Waals surface area contributed by atoms with Crippen LogP contribution in [0.25, 0.3) is 10.9 Å². The van der Waals surface area contributed by atoms with E-state index in [1.165, 1.54) is 0 Å². The number of ether oxygens (including phenoxy) is 1. The largest absolute Gasteiger partial charge is 0.477 e. The number of aromatic nitrogens is 2. The van der Waals surface area contributed by atoms with Gasteiger partial charge in [0.25, 0.3) is 0 Å². The van der Waals surface area contributed by atoms with E-state index < -0.39 is 5.97 Å². The summed E-state index contributed by atoms with van der Waals surface area (Å²) in [6, 6.07) is 7.30. The SMILES string of the molecule is O=C(O)c1c2ccccc2nn1C[C@H]1CCCO1. The molecule has 1 saturated heterocycles. The summed E-state index contributed by atoms with van der Waals surface area (Å²) < 4.78 is 7.09. The molecule has 18 heavy (non-hydrogen) atoms. The number of rotatable bonds is 3. The van der Waals surface area contributed by atoms with Gasteiger partial charge in [0.2, 0.25) is 0 Å². The van der Waals surface area contributed by atoms with Gasteiger partial charge in [0.15, 0.2) is 5.69 Å². The molecule has 1 aliphatic rings. The maximum Gasteiger partial charge on any atom is 0.354 e. The van der Waals surface area contributed by atoms with Gasteiger partial charge in [0.1, 0.15) is 0 Å². The molecule has 1 aromatic carbocycles. The molecule has 5 heteroatoms. The molecule has 5 nitrogen and oxygen atoms in total. The summed E-state index contributed by atoms with van der Waals surface area (Å²) in [5.41, 5.74) is 0.967. The highest BCUT2D eigenvalue weighted by molar-refractivity contribution is 6.01. The molecule has 1 aliphatic heterocycles. The lowest BCUT2D eigenvalue weighted by Crippen LogP contribution is -2.19. The van der Waals surface area contributed by atoms with Crippen LogP contribution in [0, 0.1) is 0 Å². The number of benzene rings is 1. The molecule has 0 amide bonds. The molecule has 3 rings (SSSR count). The Labute approximate surface area is 104 Å². The van der Waals surface area contributed by atoms with Gasteiger partial charge in [-0.05, 0) is 18.9 Å². The molecule has 0 unspecified atom stereocenters. The minimum atomic E-state index is -0.943. The minimum absolute atomic E-state index is 0.0809. The van der Waals surface area contributed by atoms with Crippen molar-refractivity contribution in [2.75, 3.05) is 6.61 Å². The molecule has 1 atom stereocenters. The summed E-state index contributed by atoms with van der Waals surface area (Å²) in [4.78, 5) is 11.4. The van der Waals surface area contributed by atoms with E-state index in [-0.39, 0.29) is 11.8 Å². The number of carboxylic acids is 1. The van der Waals surface area contributed by atoms with Crippen LogP contribution >= 0.6 is 0 Å². The molecule has 0 radical (unpaired) electrons. The van der Waals surface area contributed by atoms with Crippen LogP contribution in [0.4, 0.5) is 0 Å². The number of hydrogen-bond acceptors (Lipinski definition) is 3. The van der Waals surface area contributed by atoms with Crippen molar-refractivity contribution in [2.45, 2.75) is 25.5 Å². The zero-order valence-electron chi connectivity index (χ0n) is 9.87. The molecule has 0 bridgehead atoms. The average Bonchev–Trinajstić information content (AvgIpc) is 2.95. The van der Waals surface area contributed by atoms with Crippen LogP contribution in [-0.4, -0.2) is 33.6 Å². The quantitative estimate of drug-likeness (QED) is 0.898. The minimum Gasteiger partial charge on any atom is -0.477 e. The molecule has 0 saturated carbocycles. The van der Waals surface area contributed by atoms with E-state index in [4.69, 9.17) is 4.74 Å². The summed E-state index contributed by atoms with van der Waals surface area (Å²) in [5.74, 6) is -0.943. The van der Waals surface area contributed by atoms with Crippen LogP contribution in [0.2, 0.25) is 0 Å². The molecular formula is C13H14N2O3. The second kappa shape index (κ2) is 4.42. The summed E-state index contributed by atoms with van der Waals surface area (Å²) in [5, 5.41) is 14.4. The number of carboxylic acid groups (broad SMARTS) is 1. The number of aromatic carboxylic acids is 1. The monoisotopic (exact) mass is 246 g/mol. The fourth-order valence-electron chi connectivity index (χ4n) is 2.42. The lowest BCUT2D eigenvalue weighted by Gasteiger charge is -2.10. The van der Waals surface area contributed by atoms with Gasteiger partial charge in [0.05, 0.1) is 18.2 Å². The number of nitrogens with zero attached hydrogens (tertiary/aromatic N) is 2. The summed E-state index contributed by atoms with van der Waals surface area (Å²) in [6.07, 6.45) is 2.08. The molecular weight excluding hydrogens is 232 g/mol. The van der Waals surface area contributed by atoms with Crippen molar-refractivity contribution in [1.29, 1.82) is 0 Å². The van der Waals surface area contributed by atoms with Crippen LogP contribution in [0.15, 0.2) is 24.3 Å². The topological polar surface area (TPSA) is 64.3 Å². The van der Waals surface area contributed by atoms with Gasteiger partial charge in [-0.15, -0.1) is 0 Å². The van der Waals surface area contributed by atoms with E-state index in [9.17, 15) is 9.90 Å². The Morgan fingerprint density at radius 1 is 1.50 bits per heavy atom. The fraction of sp³-hybridized carbons (Fsp3) is 0.385. The first kappa shape index (κ1) is 11.2. The Balaban J connectivity index is 2.03. The zero-order chi connectivity index (χ0) is 12.5. The summed E-state index contributed by atoms with van der Waals surface area (Å²) >= 11 is 0. The maximum atomic E-state index is 11.4. The number of carbonyl (C=O) groups is 1. The first-order valence-electron chi connectivity index (χ1n) is 6.06. The van der Waals surface area contributed by atoms with E-state index >= 15 is 0 Å². The Morgan fingerprint density at radius 3 is 3.06 bits per heavy atom. The standard InChI is InChI=1S/C13H14N2O3/c16-13(17)12-10-5-1-2-6-11(10)14-15(12)8-9-4-3-7-18-9/h1-2,5-6,9H,3-4,7-8H2,(H,16,17)/t9-/m1/s1. The van der Waals surface area contributed by atoms with E-state index in [2.05, 4.69) is 5.10 Å². The lowest BCUT2D eigenvalue weighted by molar-refractivity contribution is 0.0667. The number of hydrogen-bond donors (Lipinski definition) is 1. The Kier molecular flexibility index (Phi) is 2.76. The van der Waals surface area contributed by atoms with Crippen LogP contribution in [-0.2, 0) is 11.3 Å². The van der Waals surface area contributed by atoms with Gasteiger partial charge in [-0.2, -0.15) is 5.10 Å². The Bertz CT molecular complexity index is 585. The van der Waals surface area contributed by atoms with Crippen molar-refractivity contribution in [3.63, 3.8) is 0 Å². The highest BCUT2D eigenvalue weighted by Crippen LogP contribution is 2.21. The third-order valence-electron chi connectivity index (χ3n) is 3.25. The maximum absolute atomic E-state index is 11.4. The van der Waals surface area contributed by atoms with E-state index in [0.717, 1.165) is 19.4 Å². The van der Waals surface area contributed by atoms with Gasteiger partial charge in [0, 0.05) is 12.0 Å². The molecule has 1 aromatic heterocycles. The summed E-state index contributed by atoms with van der Waals surface area (Å²) in [6.45, 7) is 1.27. The van der Waals surface area contributed by atoms with Crippen molar-refractivity contribution in [1.82, 2.24) is 9.78 Å². The average molecular weight is 246 g/mol. The second-order valence-corrected chi connectivity index (χ2v) is 4.49. The molecule has 1 N–H and O–H groups in total. The number of fused-ring (bicyclic) bond motifs is 1. The predicted molar refractivity (Wildman–Crippen MR) is 65.7 cm³/mol. The van der Waals surface area contributed by atoms with Gasteiger partial charge in [-0.1, -0.05) is 18.2 Å². The Hall–Kier alpha value is -1.88. The predicted octanol–water partition coefficient (Wildman–Crippen LogP) is 1.91. The first-order chi connectivity index (χ1) is 8.75. The van der Waals surface area contributed by atoms with Gasteiger partial charge >= 0.3 is 5.97 Å². The third-order valence-corrected chi connectivity index (χ3v) is 3.25. The van der Waals surface area contributed by atoms with Crippen LogP contribution < -0.4 is 0 Å². The van der Waals surface area contributed by atoms with Crippen molar-refractivity contribution in [3.05, 3.63) is 30.0 Å². The first-order valence-corrected chi connectivity index (χ1v) is 6.06. The van der Waals surface area contributed by atoms with Gasteiger partial charge in [-0.25, -0.2) is 4.79 Å². The van der Waals surface area contributed by atoms with Crippen LogP contribution in [0.1, 0.15) is 23.3 Å². The third kappa shape index (κ3) is 1.86. The summed E-state index contributed by atoms with van der Waals surface area (Å²) in [7, 11) is 0. The smallest absolute Gasteiger partial charge is 0.354 e. The molecule has 2 heterocycles. The molecule has 0 aliphatic carbocycles. The molecule has 1 fully saturated rings. The second-order valence-electron chi connectivity index (χ2n) is 4.49. The van der Waals surface area contributed by atoms with Crippen molar-refractivity contribution < 1.29 is 14.6 Å². The normalized spacial score (nSPS) is 19.4. The van der Waals surface area contributed by atoms with E-state index in [0.29, 0.717) is 17.4 Å². The highest BCUT2D eigenvalue weighted by Gasteiger charge is 2.22. The van der Waals surface area contributed by atoms with Crippen LogP contribution in [0.5, 0.6) is 0 Å². The fourth-order valence-corrected chi connectivity index (χ4v) is 2.42. The van der Waals surface area contributed by atoms with Crippen molar-refractivity contribution in [2.24, 2.45) is 0 Å². The van der Waals surface area contributed by atoms with Crippen molar-refractivity contribution >= 4 is 16.9 Å². The van der Waals surface area contributed by atoms with E-state index in [1.807, 2.05) is 18.2 Å².